The lowest BCUT2D eigenvalue weighted by Gasteiger charge is -2.14. The zero-order chi connectivity index (χ0) is 12.3. The van der Waals surface area contributed by atoms with Crippen LogP contribution in [0.5, 0.6) is 0 Å². The molecule has 92 valence electrons. The molecule has 0 aliphatic rings. The smallest absolute Gasteiger partial charge is 0.250 e. The molecule has 0 saturated heterocycles. The average molecular weight is 231 g/mol. The molecule has 0 bridgehead atoms. The van der Waals surface area contributed by atoms with Crippen LogP contribution in [0.2, 0.25) is 0 Å². The van der Waals surface area contributed by atoms with Crippen LogP contribution in [-0.2, 0) is 6.54 Å². The van der Waals surface area contributed by atoms with Crippen molar-refractivity contribution in [2.45, 2.75) is 46.7 Å². The number of hydrogen-bond acceptors (Lipinski definition) is 2. The van der Waals surface area contributed by atoms with Crippen molar-refractivity contribution in [3.63, 3.8) is 0 Å². The third kappa shape index (κ3) is 2.78. The monoisotopic (exact) mass is 231 g/mol. The molecular weight excluding hydrogens is 212 g/mol. The van der Waals surface area contributed by atoms with Gasteiger partial charge in [-0.1, -0.05) is 0 Å². The summed E-state index contributed by atoms with van der Waals surface area (Å²) in [5.41, 5.74) is 2.99. The second-order valence-corrected chi connectivity index (χ2v) is 3.92. The first-order valence-electron chi connectivity index (χ1n) is 5.52. The van der Waals surface area contributed by atoms with E-state index in [0.717, 1.165) is 23.5 Å². The second kappa shape index (κ2) is 5.39. The number of hydrogen-bond donors (Lipinski definition) is 1. The Balaban J connectivity index is 2.82. The molecule has 16 heavy (non-hydrogen) atoms. The molecule has 0 aliphatic heterocycles. The van der Waals surface area contributed by atoms with E-state index >= 15 is 0 Å². The van der Waals surface area contributed by atoms with Gasteiger partial charge in [0.1, 0.15) is 0 Å². The molecule has 0 radical (unpaired) electrons. The highest BCUT2D eigenvalue weighted by Gasteiger charge is 2.17. The van der Waals surface area contributed by atoms with E-state index in [2.05, 4.69) is 10.4 Å². The Morgan fingerprint density at radius 3 is 2.44 bits per heavy atom. The molecule has 5 heteroatoms. The maximum absolute atomic E-state index is 12.1. The van der Waals surface area contributed by atoms with Gasteiger partial charge in [-0.05, 0) is 27.7 Å². The number of aryl methyl sites for hydroxylation is 2. The zero-order valence-corrected chi connectivity index (χ0v) is 10.2. The molecule has 1 aromatic rings. The molecule has 0 saturated carbocycles. The summed E-state index contributed by atoms with van der Waals surface area (Å²) >= 11 is 0. The Kier molecular flexibility index (Phi) is 4.41. The summed E-state index contributed by atoms with van der Waals surface area (Å²) in [6.45, 7) is 8.31. The molecule has 0 fully saturated rings. The zero-order valence-electron chi connectivity index (χ0n) is 10.2. The first-order valence-corrected chi connectivity index (χ1v) is 5.52. The van der Waals surface area contributed by atoms with Gasteiger partial charge < -0.3 is 5.32 Å². The van der Waals surface area contributed by atoms with Crippen LogP contribution in [0.4, 0.5) is 8.78 Å². The quantitative estimate of drug-likeness (QED) is 0.843. The van der Waals surface area contributed by atoms with E-state index < -0.39 is 6.43 Å². The van der Waals surface area contributed by atoms with Crippen LogP contribution in [0.3, 0.4) is 0 Å². The summed E-state index contributed by atoms with van der Waals surface area (Å²) in [5, 5.41) is 7.18. The van der Waals surface area contributed by atoms with E-state index in [-0.39, 0.29) is 12.6 Å². The Morgan fingerprint density at radius 1 is 1.38 bits per heavy atom. The molecule has 1 atom stereocenters. The normalized spacial score (nSPS) is 13.4. The SMILES string of the molecule is CCn1nc(C)c(C(C)NCC(F)F)c1C. The van der Waals surface area contributed by atoms with Crippen molar-refractivity contribution >= 4 is 0 Å². The highest BCUT2D eigenvalue weighted by Crippen LogP contribution is 2.21. The van der Waals surface area contributed by atoms with Crippen molar-refractivity contribution < 1.29 is 8.78 Å². The predicted molar refractivity (Wildman–Crippen MR) is 59.8 cm³/mol. The number of aromatic nitrogens is 2. The Hall–Kier alpha value is -0.970. The second-order valence-electron chi connectivity index (χ2n) is 3.92. The number of nitrogens with zero attached hydrogens (tertiary/aromatic N) is 2. The van der Waals surface area contributed by atoms with Gasteiger partial charge in [-0.15, -0.1) is 0 Å². The van der Waals surface area contributed by atoms with E-state index in [1.54, 1.807) is 0 Å². The average Bonchev–Trinajstić information content (AvgIpc) is 2.50. The van der Waals surface area contributed by atoms with E-state index in [0.29, 0.717) is 0 Å². The molecule has 1 heterocycles. The molecular formula is C11H19F2N3. The highest BCUT2D eigenvalue weighted by atomic mass is 19.3. The summed E-state index contributed by atoms with van der Waals surface area (Å²) in [6, 6.07) is -0.0886. The molecule has 0 spiro atoms. The van der Waals surface area contributed by atoms with Gasteiger partial charge >= 0.3 is 0 Å². The van der Waals surface area contributed by atoms with Crippen molar-refractivity contribution in [2.24, 2.45) is 0 Å². The fourth-order valence-electron chi connectivity index (χ4n) is 2.01. The minimum Gasteiger partial charge on any atom is -0.305 e. The van der Waals surface area contributed by atoms with Gasteiger partial charge in [0.05, 0.1) is 12.2 Å². The molecule has 0 amide bonds. The van der Waals surface area contributed by atoms with Crippen LogP contribution in [0.15, 0.2) is 0 Å². The number of rotatable bonds is 5. The maximum Gasteiger partial charge on any atom is 0.250 e. The van der Waals surface area contributed by atoms with Crippen molar-refractivity contribution in [1.29, 1.82) is 0 Å². The summed E-state index contributed by atoms with van der Waals surface area (Å²) < 4.78 is 26.1. The van der Waals surface area contributed by atoms with Crippen molar-refractivity contribution in [3.05, 3.63) is 17.0 Å². The largest absolute Gasteiger partial charge is 0.305 e. The van der Waals surface area contributed by atoms with Gasteiger partial charge in [0.25, 0.3) is 6.43 Å². The lowest BCUT2D eigenvalue weighted by molar-refractivity contribution is 0.142. The number of alkyl halides is 2. The molecule has 1 aromatic heterocycles. The maximum atomic E-state index is 12.1. The van der Waals surface area contributed by atoms with Crippen LogP contribution < -0.4 is 5.32 Å². The van der Waals surface area contributed by atoms with Gasteiger partial charge in [0.15, 0.2) is 0 Å². The van der Waals surface area contributed by atoms with E-state index in [9.17, 15) is 8.78 Å². The summed E-state index contributed by atoms with van der Waals surface area (Å²) in [4.78, 5) is 0. The lowest BCUT2D eigenvalue weighted by atomic mass is 10.1. The third-order valence-electron chi connectivity index (χ3n) is 2.75. The minimum absolute atomic E-state index is 0.0886. The van der Waals surface area contributed by atoms with Crippen molar-refractivity contribution in [2.75, 3.05) is 6.54 Å². The number of halogens is 2. The van der Waals surface area contributed by atoms with Gasteiger partial charge in [-0.25, -0.2) is 8.78 Å². The molecule has 1 rings (SSSR count). The van der Waals surface area contributed by atoms with E-state index in [1.807, 2.05) is 32.4 Å². The Bertz CT molecular complexity index is 347. The molecule has 0 aromatic carbocycles. The van der Waals surface area contributed by atoms with Crippen LogP contribution >= 0.6 is 0 Å². The van der Waals surface area contributed by atoms with Gasteiger partial charge in [-0.3, -0.25) is 4.68 Å². The van der Waals surface area contributed by atoms with Crippen LogP contribution in [0, 0.1) is 13.8 Å². The molecule has 3 nitrogen and oxygen atoms in total. The van der Waals surface area contributed by atoms with Crippen LogP contribution in [0.1, 0.15) is 36.8 Å². The number of nitrogens with one attached hydrogen (secondary N) is 1. The summed E-state index contributed by atoms with van der Waals surface area (Å²) in [7, 11) is 0. The molecule has 1 unspecified atom stereocenters. The van der Waals surface area contributed by atoms with E-state index in [4.69, 9.17) is 0 Å². The van der Waals surface area contributed by atoms with Gasteiger partial charge in [-0.2, -0.15) is 5.10 Å². The topological polar surface area (TPSA) is 29.9 Å². The van der Waals surface area contributed by atoms with Crippen LogP contribution in [0.25, 0.3) is 0 Å². The van der Waals surface area contributed by atoms with Crippen molar-refractivity contribution in [1.82, 2.24) is 15.1 Å². The van der Waals surface area contributed by atoms with Gasteiger partial charge in [0, 0.05) is 23.8 Å². The molecule has 1 N–H and O–H groups in total. The van der Waals surface area contributed by atoms with Crippen molar-refractivity contribution in [3.8, 4) is 0 Å². The van der Waals surface area contributed by atoms with E-state index in [1.165, 1.54) is 0 Å². The molecule has 0 aliphatic carbocycles. The first-order chi connectivity index (χ1) is 7.47. The first kappa shape index (κ1) is 13.1. The standard InChI is InChI=1S/C11H19F2N3/c1-5-16-9(4)11(8(3)15-16)7(2)14-6-10(12)13/h7,10,14H,5-6H2,1-4H3. The predicted octanol–water partition coefficient (Wildman–Crippen LogP) is 2.44. The lowest BCUT2D eigenvalue weighted by Crippen LogP contribution is -2.25. The Labute approximate surface area is 94.8 Å². The summed E-state index contributed by atoms with van der Waals surface area (Å²) in [6.07, 6.45) is -2.32. The fraction of sp³-hybridized carbons (Fsp3) is 0.727. The minimum atomic E-state index is -2.32. The highest BCUT2D eigenvalue weighted by molar-refractivity contribution is 5.27. The fourth-order valence-corrected chi connectivity index (χ4v) is 2.01. The van der Waals surface area contributed by atoms with Gasteiger partial charge in [0.2, 0.25) is 0 Å². The Morgan fingerprint density at radius 2 is 2.00 bits per heavy atom. The van der Waals surface area contributed by atoms with Crippen LogP contribution in [-0.4, -0.2) is 22.8 Å². The summed E-state index contributed by atoms with van der Waals surface area (Å²) in [5.74, 6) is 0. The third-order valence-corrected chi connectivity index (χ3v) is 2.75.